The third kappa shape index (κ3) is 2.36. The molecule has 1 unspecified atom stereocenters. The van der Waals surface area contributed by atoms with Crippen molar-refractivity contribution in [2.24, 2.45) is 0 Å². The van der Waals surface area contributed by atoms with Gasteiger partial charge in [0.25, 0.3) is 0 Å². The molecule has 20 heavy (non-hydrogen) atoms. The number of likely N-dealkylation sites (N-methyl/N-ethyl adjacent to an activating group) is 1. The van der Waals surface area contributed by atoms with Crippen molar-refractivity contribution in [1.82, 2.24) is 4.90 Å². The van der Waals surface area contributed by atoms with Crippen LogP contribution >= 0.6 is 0 Å². The van der Waals surface area contributed by atoms with Gasteiger partial charge in [0.15, 0.2) is 0 Å². The highest BCUT2D eigenvalue weighted by Crippen LogP contribution is 2.33. The van der Waals surface area contributed by atoms with E-state index in [9.17, 15) is 4.39 Å². The van der Waals surface area contributed by atoms with Crippen molar-refractivity contribution in [3.05, 3.63) is 59.4 Å². The molecule has 1 aliphatic carbocycles. The average molecular weight is 269 g/mol. The fourth-order valence-corrected chi connectivity index (χ4v) is 3.16. The van der Waals surface area contributed by atoms with Gasteiger partial charge in [-0.05, 0) is 56.1 Å². The van der Waals surface area contributed by atoms with E-state index < -0.39 is 0 Å². The van der Waals surface area contributed by atoms with Crippen LogP contribution < -0.4 is 0 Å². The van der Waals surface area contributed by atoms with E-state index in [4.69, 9.17) is 0 Å². The molecule has 0 fully saturated rings. The Morgan fingerprint density at radius 3 is 2.50 bits per heavy atom. The molecule has 1 aliphatic rings. The molecule has 0 saturated heterocycles. The summed E-state index contributed by atoms with van der Waals surface area (Å²) in [5.41, 5.74) is 4.50. The summed E-state index contributed by atoms with van der Waals surface area (Å²) in [5, 5.41) is 0. The monoisotopic (exact) mass is 269 g/mol. The van der Waals surface area contributed by atoms with Crippen LogP contribution in [0.4, 0.5) is 4.39 Å². The predicted molar refractivity (Wildman–Crippen MR) is 81.3 cm³/mol. The van der Waals surface area contributed by atoms with Crippen LogP contribution in [0.25, 0.3) is 11.1 Å². The van der Waals surface area contributed by atoms with Crippen LogP contribution in [-0.2, 0) is 12.8 Å². The van der Waals surface area contributed by atoms with Crippen LogP contribution in [0.5, 0.6) is 0 Å². The zero-order valence-corrected chi connectivity index (χ0v) is 12.1. The SMILES string of the molecule is CN(C)C1CCc2c(cccc2-c2ccccc2F)C1. The van der Waals surface area contributed by atoms with E-state index in [1.54, 1.807) is 12.1 Å². The molecule has 0 N–H and O–H groups in total. The minimum atomic E-state index is -0.129. The number of benzene rings is 2. The van der Waals surface area contributed by atoms with Gasteiger partial charge in [0.2, 0.25) is 0 Å². The van der Waals surface area contributed by atoms with E-state index in [-0.39, 0.29) is 5.82 Å². The van der Waals surface area contributed by atoms with Gasteiger partial charge >= 0.3 is 0 Å². The normalized spacial score (nSPS) is 18.1. The van der Waals surface area contributed by atoms with Crippen LogP contribution in [0.3, 0.4) is 0 Å². The van der Waals surface area contributed by atoms with Gasteiger partial charge in [-0.3, -0.25) is 0 Å². The molecular weight excluding hydrogens is 249 g/mol. The summed E-state index contributed by atoms with van der Waals surface area (Å²) < 4.78 is 14.0. The first-order valence-electron chi connectivity index (χ1n) is 7.19. The van der Waals surface area contributed by atoms with Crippen LogP contribution in [0.15, 0.2) is 42.5 Å². The molecule has 2 heteroatoms. The third-order valence-corrected chi connectivity index (χ3v) is 4.35. The van der Waals surface area contributed by atoms with Gasteiger partial charge in [-0.1, -0.05) is 36.4 Å². The largest absolute Gasteiger partial charge is 0.306 e. The van der Waals surface area contributed by atoms with Crippen LogP contribution in [-0.4, -0.2) is 25.0 Å². The fraction of sp³-hybridized carbons (Fsp3) is 0.333. The minimum absolute atomic E-state index is 0.129. The summed E-state index contributed by atoms with van der Waals surface area (Å²) in [6.45, 7) is 0. The average Bonchev–Trinajstić information content (AvgIpc) is 2.46. The molecule has 0 heterocycles. The topological polar surface area (TPSA) is 3.24 Å². The Morgan fingerprint density at radius 1 is 1.00 bits per heavy atom. The summed E-state index contributed by atoms with van der Waals surface area (Å²) in [4.78, 5) is 2.29. The highest BCUT2D eigenvalue weighted by Gasteiger charge is 2.22. The highest BCUT2D eigenvalue weighted by atomic mass is 19.1. The number of nitrogens with zero attached hydrogens (tertiary/aromatic N) is 1. The van der Waals surface area contributed by atoms with Crippen molar-refractivity contribution in [3.8, 4) is 11.1 Å². The highest BCUT2D eigenvalue weighted by molar-refractivity contribution is 5.69. The molecule has 2 aromatic carbocycles. The molecular formula is C18H20FN. The van der Waals surface area contributed by atoms with Gasteiger partial charge in [0.1, 0.15) is 5.82 Å². The van der Waals surface area contributed by atoms with E-state index >= 15 is 0 Å². The van der Waals surface area contributed by atoms with Gasteiger partial charge in [0.05, 0.1) is 0 Å². The lowest BCUT2D eigenvalue weighted by Gasteiger charge is -2.31. The second kappa shape index (κ2) is 5.37. The third-order valence-electron chi connectivity index (χ3n) is 4.35. The molecule has 0 aromatic heterocycles. The molecule has 0 saturated carbocycles. The van der Waals surface area contributed by atoms with Crippen molar-refractivity contribution in [2.75, 3.05) is 14.1 Å². The lowest BCUT2D eigenvalue weighted by atomic mass is 9.83. The Labute approximate surface area is 120 Å². The quantitative estimate of drug-likeness (QED) is 0.799. The first-order valence-corrected chi connectivity index (χ1v) is 7.19. The van der Waals surface area contributed by atoms with Gasteiger partial charge in [-0.2, -0.15) is 0 Å². The first kappa shape index (κ1) is 13.3. The van der Waals surface area contributed by atoms with Crippen molar-refractivity contribution in [3.63, 3.8) is 0 Å². The Morgan fingerprint density at radius 2 is 1.75 bits per heavy atom. The van der Waals surface area contributed by atoms with Crippen LogP contribution in [0.2, 0.25) is 0 Å². The van der Waals surface area contributed by atoms with Gasteiger partial charge in [-0.15, -0.1) is 0 Å². The Balaban J connectivity index is 2.04. The summed E-state index contributed by atoms with van der Waals surface area (Å²) in [6.07, 6.45) is 3.23. The molecule has 3 rings (SSSR count). The second-order valence-corrected chi connectivity index (χ2v) is 5.78. The van der Waals surface area contributed by atoms with E-state index in [1.807, 2.05) is 18.2 Å². The van der Waals surface area contributed by atoms with Gasteiger partial charge in [0, 0.05) is 11.6 Å². The molecule has 0 radical (unpaired) electrons. The molecule has 2 aromatic rings. The van der Waals surface area contributed by atoms with Crippen LogP contribution in [0.1, 0.15) is 17.5 Å². The van der Waals surface area contributed by atoms with E-state index in [1.165, 1.54) is 11.1 Å². The maximum absolute atomic E-state index is 14.0. The molecule has 1 atom stereocenters. The summed E-state index contributed by atoms with van der Waals surface area (Å²) in [7, 11) is 4.27. The van der Waals surface area contributed by atoms with Crippen LogP contribution in [0, 0.1) is 5.82 Å². The standard InChI is InChI=1S/C18H20FN/c1-20(2)14-10-11-15-13(12-14)6-5-8-16(15)17-7-3-4-9-18(17)19/h3-9,14H,10-12H2,1-2H3. The molecule has 104 valence electrons. The van der Waals surface area contributed by atoms with E-state index in [0.717, 1.165) is 30.4 Å². The minimum Gasteiger partial charge on any atom is -0.306 e. The summed E-state index contributed by atoms with van der Waals surface area (Å²) in [5.74, 6) is -0.129. The molecule has 0 bridgehead atoms. The van der Waals surface area contributed by atoms with Gasteiger partial charge < -0.3 is 4.90 Å². The van der Waals surface area contributed by atoms with Crippen molar-refractivity contribution < 1.29 is 4.39 Å². The first-order chi connectivity index (χ1) is 9.66. The lowest BCUT2D eigenvalue weighted by molar-refractivity contribution is 0.268. The lowest BCUT2D eigenvalue weighted by Crippen LogP contribution is -2.33. The number of hydrogen-bond donors (Lipinski definition) is 0. The zero-order valence-electron chi connectivity index (χ0n) is 12.1. The molecule has 0 amide bonds. The van der Waals surface area contributed by atoms with Crippen molar-refractivity contribution in [1.29, 1.82) is 0 Å². The summed E-state index contributed by atoms with van der Waals surface area (Å²) in [6, 6.07) is 14.0. The Kier molecular flexibility index (Phi) is 3.58. The van der Waals surface area contributed by atoms with Crippen molar-refractivity contribution >= 4 is 0 Å². The zero-order chi connectivity index (χ0) is 14.1. The molecule has 0 aliphatic heterocycles. The van der Waals surface area contributed by atoms with Gasteiger partial charge in [-0.25, -0.2) is 4.39 Å². The maximum Gasteiger partial charge on any atom is 0.131 e. The molecule has 1 nitrogen and oxygen atoms in total. The Bertz CT molecular complexity index is 619. The second-order valence-electron chi connectivity index (χ2n) is 5.78. The van der Waals surface area contributed by atoms with E-state index in [0.29, 0.717) is 6.04 Å². The Hall–Kier alpha value is -1.67. The number of fused-ring (bicyclic) bond motifs is 1. The number of rotatable bonds is 2. The number of halogens is 1. The maximum atomic E-state index is 14.0. The predicted octanol–water partition coefficient (Wildman–Crippen LogP) is 3.91. The fourth-order valence-electron chi connectivity index (χ4n) is 3.16. The van der Waals surface area contributed by atoms with E-state index in [2.05, 4.69) is 31.1 Å². The summed E-state index contributed by atoms with van der Waals surface area (Å²) >= 11 is 0. The van der Waals surface area contributed by atoms with Crippen molar-refractivity contribution in [2.45, 2.75) is 25.3 Å². The number of hydrogen-bond acceptors (Lipinski definition) is 1. The smallest absolute Gasteiger partial charge is 0.131 e. The molecule has 0 spiro atoms.